The third-order valence-electron chi connectivity index (χ3n) is 0.750. The third kappa shape index (κ3) is 36.9. The van der Waals surface area contributed by atoms with Crippen LogP contribution in [-0.2, 0) is 0 Å². The van der Waals surface area contributed by atoms with Crippen LogP contribution in [0.1, 0.15) is 27.7 Å². The van der Waals surface area contributed by atoms with Crippen LogP contribution in [0.2, 0.25) is 0 Å². The van der Waals surface area contributed by atoms with Gasteiger partial charge in [0.15, 0.2) is 0 Å². The highest BCUT2D eigenvalue weighted by Crippen LogP contribution is 1.93. The Bertz CT molecular complexity index is 84.1. The molecule has 0 bridgehead atoms. The summed E-state index contributed by atoms with van der Waals surface area (Å²) in [6, 6.07) is 1.75. The summed E-state index contributed by atoms with van der Waals surface area (Å²) in [5.74, 6) is 0. The Hall–Kier alpha value is -0.550. The molecule has 0 atom stereocenters. The second-order valence-electron chi connectivity index (χ2n) is 2.72. The molecule has 2 nitrogen and oxygen atoms in total. The van der Waals surface area contributed by atoms with Gasteiger partial charge in [0.25, 0.3) is 0 Å². The van der Waals surface area contributed by atoms with E-state index in [1.54, 1.807) is 6.07 Å². The molecule has 0 aliphatic heterocycles. The standard InChI is InChI=1S/C5H13N.C2H3N/c1-5(2,3)6-4;1-2-3/h6H,1-4H3;1H3. The number of rotatable bonds is 0. The van der Waals surface area contributed by atoms with Crippen molar-refractivity contribution in [2.75, 3.05) is 7.05 Å². The molecule has 0 radical (unpaired) electrons. The smallest absolute Gasteiger partial charge is 0.0587 e. The van der Waals surface area contributed by atoms with Gasteiger partial charge in [-0.25, -0.2) is 0 Å². The predicted molar refractivity (Wildman–Crippen MR) is 40.1 cm³/mol. The summed E-state index contributed by atoms with van der Waals surface area (Å²) in [4.78, 5) is 0. The van der Waals surface area contributed by atoms with Gasteiger partial charge in [-0.3, -0.25) is 0 Å². The van der Waals surface area contributed by atoms with Crippen LogP contribution >= 0.6 is 0 Å². The zero-order chi connectivity index (χ0) is 7.91. The minimum atomic E-state index is 0.292. The van der Waals surface area contributed by atoms with Crippen molar-refractivity contribution < 1.29 is 0 Å². The molecule has 0 rings (SSSR count). The summed E-state index contributed by atoms with van der Waals surface area (Å²) in [5.41, 5.74) is 0.292. The van der Waals surface area contributed by atoms with Gasteiger partial charge in [0.1, 0.15) is 0 Å². The third-order valence-corrected chi connectivity index (χ3v) is 0.750. The first kappa shape index (κ1) is 11.3. The van der Waals surface area contributed by atoms with E-state index in [9.17, 15) is 0 Å². The van der Waals surface area contributed by atoms with Gasteiger partial charge in [0.2, 0.25) is 0 Å². The largest absolute Gasteiger partial charge is 0.315 e. The Balaban J connectivity index is 0. The molecule has 0 spiro atoms. The molecule has 2 heteroatoms. The van der Waals surface area contributed by atoms with Crippen LogP contribution in [0, 0.1) is 11.3 Å². The van der Waals surface area contributed by atoms with Gasteiger partial charge in [-0.2, -0.15) is 5.26 Å². The van der Waals surface area contributed by atoms with Crippen molar-refractivity contribution in [2.24, 2.45) is 0 Å². The van der Waals surface area contributed by atoms with Crippen LogP contribution in [0.4, 0.5) is 0 Å². The molecule has 0 heterocycles. The lowest BCUT2D eigenvalue weighted by atomic mass is 10.1. The first-order chi connectivity index (χ1) is 3.97. The normalized spacial score (nSPS) is 8.89. The zero-order valence-corrected chi connectivity index (χ0v) is 6.95. The van der Waals surface area contributed by atoms with E-state index in [-0.39, 0.29) is 0 Å². The summed E-state index contributed by atoms with van der Waals surface area (Å²) in [7, 11) is 1.96. The predicted octanol–water partition coefficient (Wildman–Crippen LogP) is 1.53. The van der Waals surface area contributed by atoms with Gasteiger partial charge in [-0.05, 0) is 27.8 Å². The number of nitrogens with one attached hydrogen (secondary N) is 1. The van der Waals surface area contributed by atoms with Gasteiger partial charge < -0.3 is 5.32 Å². The van der Waals surface area contributed by atoms with Crippen molar-refractivity contribution in [2.45, 2.75) is 33.2 Å². The quantitative estimate of drug-likeness (QED) is 0.537. The molecule has 0 aliphatic carbocycles. The Morgan fingerprint density at radius 1 is 1.33 bits per heavy atom. The lowest BCUT2D eigenvalue weighted by Crippen LogP contribution is -2.31. The topological polar surface area (TPSA) is 35.8 Å². The van der Waals surface area contributed by atoms with E-state index < -0.39 is 0 Å². The van der Waals surface area contributed by atoms with E-state index in [1.807, 2.05) is 7.05 Å². The Morgan fingerprint density at radius 3 is 1.44 bits per heavy atom. The lowest BCUT2D eigenvalue weighted by Gasteiger charge is -2.15. The Morgan fingerprint density at radius 2 is 1.44 bits per heavy atom. The molecule has 0 aliphatic rings. The summed E-state index contributed by atoms with van der Waals surface area (Å²) >= 11 is 0. The van der Waals surface area contributed by atoms with Gasteiger partial charge in [-0.1, -0.05) is 0 Å². The van der Waals surface area contributed by atoms with Crippen LogP contribution in [0.15, 0.2) is 0 Å². The first-order valence-corrected chi connectivity index (χ1v) is 2.97. The van der Waals surface area contributed by atoms with E-state index >= 15 is 0 Å². The monoisotopic (exact) mass is 128 g/mol. The average Bonchev–Trinajstić information content (AvgIpc) is 1.67. The van der Waals surface area contributed by atoms with Crippen LogP contribution in [0.3, 0.4) is 0 Å². The highest BCUT2D eigenvalue weighted by molar-refractivity contribution is 4.65. The summed E-state index contributed by atoms with van der Waals surface area (Å²) in [6.07, 6.45) is 0. The fraction of sp³-hybridized carbons (Fsp3) is 0.857. The second-order valence-corrected chi connectivity index (χ2v) is 2.72. The SMILES string of the molecule is CC#N.CNC(C)(C)C. The summed E-state index contributed by atoms with van der Waals surface area (Å²) in [6.45, 7) is 7.83. The second kappa shape index (κ2) is 5.58. The molecule has 0 amide bonds. The molecule has 0 aromatic rings. The fourth-order valence-electron chi connectivity index (χ4n) is 0. The summed E-state index contributed by atoms with van der Waals surface area (Å²) < 4.78 is 0. The minimum absolute atomic E-state index is 0.292. The minimum Gasteiger partial charge on any atom is -0.315 e. The van der Waals surface area contributed by atoms with E-state index in [0.29, 0.717) is 5.54 Å². The van der Waals surface area contributed by atoms with Gasteiger partial charge >= 0.3 is 0 Å². The number of hydrogen-bond donors (Lipinski definition) is 1. The van der Waals surface area contributed by atoms with Crippen molar-refractivity contribution in [1.82, 2.24) is 5.32 Å². The van der Waals surface area contributed by atoms with Gasteiger partial charge in [0.05, 0.1) is 6.07 Å². The highest BCUT2D eigenvalue weighted by Gasteiger charge is 2.01. The molecular formula is C7H16N2. The first-order valence-electron chi connectivity index (χ1n) is 2.97. The van der Waals surface area contributed by atoms with Crippen LogP contribution in [0.5, 0.6) is 0 Å². The number of nitrogens with zero attached hydrogens (tertiary/aromatic N) is 1. The Labute approximate surface area is 57.9 Å². The molecule has 54 valence electrons. The Kier molecular flexibility index (Phi) is 6.99. The lowest BCUT2D eigenvalue weighted by molar-refractivity contribution is 0.469. The molecule has 0 fully saturated rings. The molecular weight excluding hydrogens is 112 g/mol. The van der Waals surface area contributed by atoms with E-state index in [4.69, 9.17) is 5.26 Å². The molecule has 1 N–H and O–H groups in total. The maximum Gasteiger partial charge on any atom is 0.0587 e. The van der Waals surface area contributed by atoms with Crippen LogP contribution in [-0.4, -0.2) is 12.6 Å². The van der Waals surface area contributed by atoms with Gasteiger partial charge in [-0.15, -0.1) is 0 Å². The van der Waals surface area contributed by atoms with Gasteiger partial charge in [0, 0.05) is 12.5 Å². The molecule has 0 aromatic carbocycles. The molecule has 0 aromatic heterocycles. The molecule has 9 heavy (non-hydrogen) atoms. The molecule has 0 saturated heterocycles. The van der Waals surface area contributed by atoms with E-state index in [2.05, 4.69) is 26.1 Å². The number of hydrogen-bond acceptors (Lipinski definition) is 2. The molecule has 0 saturated carbocycles. The van der Waals surface area contributed by atoms with Crippen LogP contribution < -0.4 is 5.32 Å². The average molecular weight is 128 g/mol. The van der Waals surface area contributed by atoms with Crippen molar-refractivity contribution in [3.8, 4) is 6.07 Å². The van der Waals surface area contributed by atoms with Crippen molar-refractivity contribution in [3.05, 3.63) is 0 Å². The summed E-state index contributed by atoms with van der Waals surface area (Å²) in [5, 5.41) is 10.4. The van der Waals surface area contributed by atoms with Crippen molar-refractivity contribution in [1.29, 1.82) is 5.26 Å². The van der Waals surface area contributed by atoms with E-state index in [1.165, 1.54) is 6.92 Å². The van der Waals surface area contributed by atoms with Crippen molar-refractivity contribution >= 4 is 0 Å². The van der Waals surface area contributed by atoms with E-state index in [0.717, 1.165) is 0 Å². The number of nitriles is 1. The van der Waals surface area contributed by atoms with Crippen LogP contribution in [0.25, 0.3) is 0 Å². The maximum absolute atomic E-state index is 7.32. The molecule has 0 unspecified atom stereocenters. The zero-order valence-electron chi connectivity index (χ0n) is 6.95. The van der Waals surface area contributed by atoms with Crippen molar-refractivity contribution in [3.63, 3.8) is 0 Å². The maximum atomic E-state index is 7.32. The highest BCUT2D eigenvalue weighted by atomic mass is 14.9. The fourth-order valence-corrected chi connectivity index (χ4v) is 0.